The number of hydrogen-bond acceptors (Lipinski definition) is 10. The zero-order valence-electron chi connectivity index (χ0n) is 31.9. The van der Waals surface area contributed by atoms with E-state index < -0.39 is 10.9 Å². The molecular formula is C44H52N6O4. The molecule has 6 saturated heterocycles. The van der Waals surface area contributed by atoms with Gasteiger partial charge in [0.05, 0.1) is 37.3 Å². The summed E-state index contributed by atoms with van der Waals surface area (Å²) >= 11 is 0. The van der Waals surface area contributed by atoms with Gasteiger partial charge in [0.25, 0.3) is 10.9 Å². The van der Waals surface area contributed by atoms with Gasteiger partial charge in [-0.2, -0.15) is 0 Å². The zero-order valence-corrected chi connectivity index (χ0v) is 31.9. The van der Waals surface area contributed by atoms with E-state index in [1.54, 1.807) is 14.2 Å². The van der Waals surface area contributed by atoms with Gasteiger partial charge >= 0.3 is 0 Å². The van der Waals surface area contributed by atoms with Crippen LogP contribution in [-0.4, -0.2) is 72.3 Å². The smallest absolute Gasteiger partial charge is 0.253 e. The Hall–Kier alpha value is -4.54. The van der Waals surface area contributed by atoms with Crippen molar-refractivity contribution in [3.8, 4) is 11.5 Å². The topological polar surface area (TPSA) is 109 Å². The molecule has 0 radical (unpaired) electrons. The van der Waals surface area contributed by atoms with E-state index in [4.69, 9.17) is 19.4 Å². The van der Waals surface area contributed by atoms with Crippen LogP contribution in [0, 0.1) is 23.7 Å². The summed E-state index contributed by atoms with van der Waals surface area (Å²) in [5, 5.41) is 9.53. The first-order valence-corrected chi connectivity index (χ1v) is 20.1. The van der Waals surface area contributed by atoms with Gasteiger partial charge in [-0.3, -0.25) is 29.4 Å². The predicted octanol–water partition coefficient (Wildman–Crippen LogP) is 6.94. The highest BCUT2D eigenvalue weighted by atomic mass is 16.5. The van der Waals surface area contributed by atoms with E-state index in [0.717, 1.165) is 83.5 Å². The Labute approximate surface area is 317 Å². The molecule has 6 aliphatic rings. The van der Waals surface area contributed by atoms with Crippen molar-refractivity contribution in [3.63, 3.8) is 0 Å². The minimum Gasteiger partial charge on any atom is -0.497 e. The summed E-state index contributed by atoms with van der Waals surface area (Å²) < 4.78 is 11.3. The van der Waals surface area contributed by atoms with Gasteiger partial charge in [-0.25, -0.2) is 0 Å². The van der Waals surface area contributed by atoms with Crippen molar-refractivity contribution in [2.45, 2.75) is 76.5 Å². The molecule has 54 heavy (non-hydrogen) atoms. The van der Waals surface area contributed by atoms with Gasteiger partial charge in [0.1, 0.15) is 22.9 Å². The second-order valence-corrected chi connectivity index (χ2v) is 16.2. The molecule has 0 saturated carbocycles. The molecule has 8 heterocycles. The maximum Gasteiger partial charge on any atom is 0.253 e. The highest BCUT2D eigenvalue weighted by Crippen LogP contribution is 2.47. The quantitative estimate of drug-likeness (QED) is 0.131. The molecule has 6 aliphatic heterocycles. The van der Waals surface area contributed by atoms with E-state index in [-0.39, 0.29) is 24.2 Å². The molecule has 4 bridgehead atoms. The fourth-order valence-corrected chi connectivity index (χ4v) is 10.8. The number of ether oxygens (including phenoxy) is 2. The molecule has 0 aliphatic carbocycles. The number of piperidine rings is 6. The minimum absolute atomic E-state index is 0.152. The van der Waals surface area contributed by atoms with Crippen LogP contribution in [0.25, 0.3) is 21.8 Å². The van der Waals surface area contributed by atoms with Crippen LogP contribution in [0.5, 0.6) is 11.5 Å². The number of benzene rings is 2. The molecule has 0 spiro atoms. The molecule has 8 unspecified atom stereocenters. The largest absolute Gasteiger partial charge is 0.497 e. The first kappa shape index (κ1) is 35.2. The maximum atomic E-state index is 13.9. The summed E-state index contributed by atoms with van der Waals surface area (Å²) in [5.74, 6) is 4.13. The van der Waals surface area contributed by atoms with E-state index in [2.05, 4.69) is 46.4 Å². The lowest BCUT2D eigenvalue weighted by molar-refractivity contribution is -0.00812. The summed E-state index contributed by atoms with van der Waals surface area (Å²) in [4.78, 5) is 42.3. The van der Waals surface area contributed by atoms with Gasteiger partial charge in [0.2, 0.25) is 0 Å². The first-order chi connectivity index (χ1) is 26.4. The first-order valence-electron chi connectivity index (χ1n) is 20.1. The molecule has 10 nitrogen and oxygen atoms in total. The van der Waals surface area contributed by atoms with Gasteiger partial charge in [-0.15, -0.1) is 0 Å². The Morgan fingerprint density at radius 1 is 0.685 bits per heavy atom. The summed E-state index contributed by atoms with van der Waals surface area (Å²) in [5.41, 5.74) is 3.72. The number of nitrogens with one attached hydrogen (secondary N) is 2. The van der Waals surface area contributed by atoms with E-state index in [1.807, 2.05) is 48.8 Å². The van der Waals surface area contributed by atoms with E-state index in [1.165, 1.54) is 25.7 Å². The Morgan fingerprint density at radius 2 is 1.13 bits per heavy atom. The van der Waals surface area contributed by atoms with Crippen molar-refractivity contribution in [2.24, 2.45) is 23.7 Å². The number of methoxy groups -OCH3 is 2. The second-order valence-electron chi connectivity index (χ2n) is 16.2. The Morgan fingerprint density at radius 3 is 1.50 bits per heavy atom. The molecule has 3 aromatic carbocycles. The van der Waals surface area contributed by atoms with Gasteiger partial charge < -0.3 is 20.1 Å². The summed E-state index contributed by atoms with van der Waals surface area (Å²) in [6, 6.07) is 15.9. The van der Waals surface area contributed by atoms with Crippen LogP contribution >= 0.6 is 0 Å². The number of nitrogens with zero attached hydrogens (tertiary/aromatic N) is 4. The van der Waals surface area contributed by atoms with Crippen LogP contribution in [0.2, 0.25) is 0 Å². The molecule has 0 amide bonds. The van der Waals surface area contributed by atoms with Gasteiger partial charge in [0.15, 0.2) is 0 Å². The van der Waals surface area contributed by atoms with Crippen molar-refractivity contribution in [2.75, 3.05) is 51.0 Å². The lowest BCUT2D eigenvalue weighted by Crippen LogP contribution is -2.57. The molecule has 2 aromatic heterocycles. The zero-order chi connectivity index (χ0) is 37.1. The molecule has 6 fully saturated rings. The standard InChI is InChI=1S/C44H52N6O4/c1-5-25-23-49-17-13-27(25)19-37(49)39(31-11-15-45-35-9-7-29(53-3)21-33(31)35)47-41-42(44(52)43(41)51)48-40(38-20-28-14-18-50(38)24-26(28)6-2)32-12-16-46-36-10-8-30(54-4)22-34(32)36/h7-12,15-16,21-22,25-28,37-40,47-48H,5-6,13-14,17-20,23-24H2,1-4H3/t25?,26?,27?,28?,37?,38?,39-,40-/m0/s1. The number of pyridine rings is 2. The third kappa shape index (κ3) is 5.93. The van der Waals surface area contributed by atoms with E-state index in [9.17, 15) is 9.59 Å². The summed E-state index contributed by atoms with van der Waals surface area (Å²) in [6.45, 7) is 8.77. The molecule has 5 aromatic rings. The number of aromatic nitrogens is 2. The molecule has 10 heteroatoms. The predicted molar refractivity (Wildman–Crippen MR) is 214 cm³/mol. The number of hydrogen-bond donors (Lipinski definition) is 2. The van der Waals surface area contributed by atoms with Crippen molar-refractivity contribution >= 4 is 33.2 Å². The van der Waals surface area contributed by atoms with Crippen LogP contribution in [0.4, 0.5) is 11.4 Å². The third-order valence-corrected chi connectivity index (χ3v) is 13.8. The van der Waals surface area contributed by atoms with Gasteiger partial charge in [-0.05, 0) is 122 Å². The fraction of sp³-hybridized carbons (Fsp3) is 0.500. The minimum atomic E-state index is -0.461. The molecule has 282 valence electrons. The highest BCUT2D eigenvalue weighted by Gasteiger charge is 2.46. The normalized spacial score (nSPS) is 28.7. The van der Waals surface area contributed by atoms with Crippen LogP contribution < -0.4 is 31.0 Å². The SMILES string of the molecule is CCC1CN2CCC1CC2[C@@H](Nc1c(N[C@@H](c2ccnc3ccc(OC)cc23)C2CC3CCN2CC3CC)c(=O)c1=O)c1ccnc2ccc(OC)cc12. The van der Waals surface area contributed by atoms with Crippen molar-refractivity contribution < 1.29 is 9.47 Å². The van der Waals surface area contributed by atoms with Crippen molar-refractivity contribution in [1.82, 2.24) is 19.8 Å². The van der Waals surface area contributed by atoms with Crippen molar-refractivity contribution in [3.05, 3.63) is 92.5 Å². The van der Waals surface area contributed by atoms with E-state index >= 15 is 0 Å². The van der Waals surface area contributed by atoms with Crippen LogP contribution in [0.1, 0.15) is 75.6 Å². The van der Waals surface area contributed by atoms with Gasteiger partial charge in [-0.1, -0.05) is 26.7 Å². The van der Waals surface area contributed by atoms with Crippen LogP contribution in [0.3, 0.4) is 0 Å². The Bertz CT molecular complexity index is 2090. The fourth-order valence-electron chi connectivity index (χ4n) is 10.8. The Balaban J connectivity index is 1.14. The summed E-state index contributed by atoms with van der Waals surface area (Å²) in [6.07, 6.45) is 10.5. The maximum absolute atomic E-state index is 13.9. The molecule has 10 atom stereocenters. The van der Waals surface area contributed by atoms with E-state index in [0.29, 0.717) is 35.0 Å². The third-order valence-electron chi connectivity index (χ3n) is 13.8. The Kier molecular flexibility index (Phi) is 9.30. The monoisotopic (exact) mass is 728 g/mol. The van der Waals surface area contributed by atoms with Crippen LogP contribution in [0.15, 0.2) is 70.5 Å². The second kappa shape index (κ2) is 14.3. The summed E-state index contributed by atoms with van der Waals surface area (Å²) in [7, 11) is 3.36. The van der Waals surface area contributed by atoms with Crippen molar-refractivity contribution in [1.29, 1.82) is 0 Å². The molecule has 2 N–H and O–H groups in total. The average molecular weight is 729 g/mol. The number of rotatable bonds is 12. The lowest BCUT2D eigenvalue weighted by Gasteiger charge is -2.53. The lowest BCUT2D eigenvalue weighted by atomic mass is 9.72. The van der Waals surface area contributed by atoms with Gasteiger partial charge in [0, 0.05) is 48.3 Å². The van der Waals surface area contributed by atoms with Crippen LogP contribution in [-0.2, 0) is 0 Å². The average Bonchev–Trinajstić information content (AvgIpc) is 3.24. The molecular weight excluding hydrogens is 677 g/mol. The number of fused-ring (bicyclic) bond motifs is 8. The molecule has 11 rings (SSSR count). The number of anilines is 2. The highest BCUT2D eigenvalue weighted by molar-refractivity contribution is 5.86.